The Labute approximate surface area is 130 Å². The number of aryl methyl sites for hydroxylation is 1. The summed E-state index contributed by atoms with van der Waals surface area (Å²) >= 11 is 4.98. The molecule has 0 bridgehead atoms. The van der Waals surface area contributed by atoms with Crippen LogP contribution in [-0.4, -0.2) is 15.9 Å². The molecule has 1 aromatic carbocycles. The summed E-state index contributed by atoms with van der Waals surface area (Å²) in [5, 5.41) is 6.67. The molecular formula is C14H13F3N4S. The summed E-state index contributed by atoms with van der Waals surface area (Å²) in [5.74, 6) is 0. The van der Waals surface area contributed by atoms with Gasteiger partial charge in [0.05, 0.1) is 17.5 Å². The molecule has 0 aliphatic rings. The summed E-state index contributed by atoms with van der Waals surface area (Å²) in [6.45, 7) is 0. The lowest BCUT2D eigenvalue weighted by atomic mass is 10.2. The molecule has 0 fully saturated rings. The van der Waals surface area contributed by atoms with Gasteiger partial charge in [0, 0.05) is 18.9 Å². The Hall–Kier alpha value is -2.35. The molecule has 8 heteroatoms. The molecule has 1 aromatic heterocycles. The van der Waals surface area contributed by atoms with E-state index in [0.717, 1.165) is 17.8 Å². The van der Waals surface area contributed by atoms with E-state index >= 15 is 0 Å². The first-order valence-corrected chi connectivity index (χ1v) is 6.66. The summed E-state index contributed by atoms with van der Waals surface area (Å²) in [6, 6.07) is 8.49. The fourth-order valence-electron chi connectivity index (χ4n) is 1.70. The summed E-state index contributed by atoms with van der Waals surface area (Å²) in [6.07, 6.45) is -0.974. The largest absolute Gasteiger partial charge is 0.416 e. The number of rotatable bonds is 3. The van der Waals surface area contributed by atoms with Crippen molar-refractivity contribution in [1.29, 1.82) is 0 Å². The number of halogens is 3. The van der Waals surface area contributed by atoms with Crippen molar-refractivity contribution in [3.8, 4) is 0 Å². The molecule has 0 spiro atoms. The van der Waals surface area contributed by atoms with Gasteiger partial charge in [0.15, 0.2) is 5.11 Å². The predicted molar refractivity (Wildman–Crippen MR) is 83.8 cm³/mol. The highest BCUT2D eigenvalue weighted by Gasteiger charge is 2.30. The first-order valence-electron chi connectivity index (χ1n) is 6.25. The number of thiocarbonyl (C=S) groups is 1. The molecule has 0 aliphatic heterocycles. The molecular weight excluding hydrogens is 313 g/mol. The van der Waals surface area contributed by atoms with E-state index in [0.29, 0.717) is 0 Å². The third kappa shape index (κ3) is 4.32. The van der Waals surface area contributed by atoms with Crippen LogP contribution in [0.4, 0.5) is 18.9 Å². The molecule has 0 saturated heterocycles. The number of aromatic nitrogens is 1. The molecule has 1 heterocycles. The second-order valence-corrected chi connectivity index (χ2v) is 4.85. The average molecular weight is 326 g/mol. The predicted octanol–water partition coefficient (Wildman–Crippen LogP) is 3.36. The SMILES string of the molecule is Cn1cccc1/C=N/NC(=S)Nc1cccc(C(F)(F)F)c1. The van der Waals surface area contributed by atoms with Crippen molar-refractivity contribution in [3.63, 3.8) is 0 Å². The van der Waals surface area contributed by atoms with Gasteiger partial charge in [-0.3, -0.25) is 5.43 Å². The molecule has 2 N–H and O–H groups in total. The van der Waals surface area contributed by atoms with Gasteiger partial charge in [-0.25, -0.2) is 0 Å². The van der Waals surface area contributed by atoms with E-state index in [1.807, 2.05) is 29.9 Å². The number of hydrogen-bond acceptors (Lipinski definition) is 2. The average Bonchev–Trinajstić information content (AvgIpc) is 2.84. The lowest BCUT2D eigenvalue weighted by Gasteiger charge is -2.10. The Morgan fingerprint density at radius 1 is 1.27 bits per heavy atom. The van der Waals surface area contributed by atoms with Crippen LogP contribution in [0.1, 0.15) is 11.3 Å². The molecule has 22 heavy (non-hydrogen) atoms. The zero-order chi connectivity index (χ0) is 16.2. The monoisotopic (exact) mass is 326 g/mol. The Kier molecular flexibility index (Phi) is 4.81. The molecule has 116 valence electrons. The maximum atomic E-state index is 12.6. The van der Waals surface area contributed by atoms with E-state index in [1.165, 1.54) is 12.1 Å². The van der Waals surface area contributed by atoms with E-state index in [2.05, 4.69) is 15.8 Å². The van der Waals surface area contributed by atoms with Crippen molar-refractivity contribution >= 4 is 29.2 Å². The zero-order valence-corrected chi connectivity index (χ0v) is 12.4. The molecule has 0 radical (unpaired) electrons. The summed E-state index contributed by atoms with van der Waals surface area (Å²) < 4.78 is 39.7. The van der Waals surface area contributed by atoms with E-state index in [4.69, 9.17) is 12.2 Å². The van der Waals surface area contributed by atoms with Crippen molar-refractivity contribution in [2.24, 2.45) is 12.1 Å². The highest BCUT2D eigenvalue weighted by molar-refractivity contribution is 7.80. The minimum Gasteiger partial charge on any atom is -0.350 e. The summed E-state index contributed by atoms with van der Waals surface area (Å²) in [5.41, 5.74) is 2.90. The zero-order valence-electron chi connectivity index (χ0n) is 11.6. The van der Waals surface area contributed by atoms with Gasteiger partial charge in [-0.15, -0.1) is 0 Å². The topological polar surface area (TPSA) is 41.4 Å². The number of nitrogens with zero attached hydrogens (tertiary/aromatic N) is 2. The Morgan fingerprint density at radius 3 is 2.68 bits per heavy atom. The van der Waals surface area contributed by atoms with Crippen LogP contribution in [-0.2, 0) is 13.2 Å². The van der Waals surface area contributed by atoms with Gasteiger partial charge >= 0.3 is 6.18 Å². The molecule has 0 aliphatic carbocycles. The summed E-state index contributed by atoms with van der Waals surface area (Å²) in [4.78, 5) is 0. The van der Waals surface area contributed by atoms with Crippen LogP contribution < -0.4 is 10.7 Å². The second-order valence-electron chi connectivity index (χ2n) is 4.45. The molecule has 0 amide bonds. The first kappa shape index (κ1) is 16.0. The number of hydrogen-bond donors (Lipinski definition) is 2. The van der Waals surface area contributed by atoms with E-state index in [1.54, 1.807) is 6.21 Å². The van der Waals surface area contributed by atoms with Crippen molar-refractivity contribution in [3.05, 3.63) is 53.9 Å². The smallest absolute Gasteiger partial charge is 0.350 e. The minimum absolute atomic E-state index is 0.102. The lowest BCUT2D eigenvalue weighted by Crippen LogP contribution is -2.24. The molecule has 0 saturated carbocycles. The first-order chi connectivity index (χ1) is 10.4. The summed E-state index contributed by atoms with van der Waals surface area (Å²) in [7, 11) is 1.86. The van der Waals surface area contributed by atoms with Gasteiger partial charge in [0.25, 0.3) is 0 Å². The Bertz CT molecular complexity index is 691. The van der Waals surface area contributed by atoms with Crippen LogP contribution >= 0.6 is 12.2 Å². The van der Waals surface area contributed by atoms with Crippen LogP contribution in [0.5, 0.6) is 0 Å². The van der Waals surface area contributed by atoms with Gasteiger partial charge in [-0.2, -0.15) is 18.3 Å². The third-order valence-corrected chi connectivity index (χ3v) is 2.99. The van der Waals surface area contributed by atoms with E-state index in [9.17, 15) is 13.2 Å². The van der Waals surface area contributed by atoms with Gasteiger partial charge < -0.3 is 9.88 Å². The van der Waals surface area contributed by atoms with Gasteiger partial charge in [-0.05, 0) is 42.5 Å². The fraction of sp³-hybridized carbons (Fsp3) is 0.143. The highest BCUT2D eigenvalue weighted by atomic mass is 32.1. The number of benzene rings is 1. The third-order valence-electron chi connectivity index (χ3n) is 2.79. The van der Waals surface area contributed by atoms with Gasteiger partial charge in [-0.1, -0.05) is 6.07 Å². The van der Waals surface area contributed by atoms with Gasteiger partial charge in [0.2, 0.25) is 0 Å². The number of alkyl halides is 3. The quantitative estimate of drug-likeness (QED) is 0.516. The van der Waals surface area contributed by atoms with Crippen molar-refractivity contribution in [2.45, 2.75) is 6.18 Å². The van der Waals surface area contributed by atoms with E-state index in [-0.39, 0.29) is 10.8 Å². The van der Waals surface area contributed by atoms with Crippen LogP contribution in [0.25, 0.3) is 0 Å². The maximum Gasteiger partial charge on any atom is 0.416 e. The molecule has 0 unspecified atom stereocenters. The van der Waals surface area contributed by atoms with Gasteiger partial charge in [0.1, 0.15) is 0 Å². The Balaban J connectivity index is 1.95. The van der Waals surface area contributed by atoms with Crippen LogP contribution in [0.2, 0.25) is 0 Å². The molecule has 4 nitrogen and oxygen atoms in total. The molecule has 2 aromatic rings. The van der Waals surface area contributed by atoms with Crippen LogP contribution in [0.3, 0.4) is 0 Å². The number of anilines is 1. The van der Waals surface area contributed by atoms with Crippen LogP contribution in [0, 0.1) is 0 Å². The standard InChI is InChI=1S/C14H13F3N4S/c1-21-7-3-6-12(21)9-18-20-13(22)19-11-5-2-4-10(8-11)14(15,16)17/h2-9H,1H3,(H2,19,20,22)/b18-9+. The van der Waals surface area contributed by atoms with E-state index < -0.39 is 11.7 Å². The lowest BCUT2D eigenvalue weighted by molar-refractivity contribution is -0.137. The van der Waals surface area contributed by atoms with Crippen LogP contribution in [0.15, 0.2) is 47.7 Å². The number of nitrogens with one attached hydrogen (secondary N) is 2. The highest BCUT2D eigenvalue weighted by Crippen LogP contribution is 2.30. The Morgan fingerprint density at radius 2 is 2.05 bits per heavy atom. The molecule has 2 rings (SSSR count). The number of hydrazone groups is 1. The van der Waals surface area contributed by atoms with Crippen molar-refractivity contribution in [2.75, 3.05) is 5.32 Å². The van der Waals surface area contributed by atoms with Crippen molar-refractivity contribution in [1.82, 2.24) is 9.99 Å². The second kappa shape index (κ2) is 6.61. The maximum absolute atomic E-state index is 12.6. The minimum atomic E-state index is -4.39. The fourth-order valence-corrected chi connectivity index (χ4v) is 1.87. The van der Waals surface area contributed by atoms with Crippen molar-refractivity contribution < 1.29 is 13.2 Å². The normalized spacial score (nSPS) is 11.6. The molecule has 0 atom stereocenters.